The molecule has 0 aromatic rings. The third kappa shape index (κ3) is 4.00. The van der Waals surface area contributed by atoms with Gasteiger partial charge in [0.2, 0.25) is 5.91 Å². The van der Waals surface area contributed by atoms with Crippen molar-refractivity contribution in [2.45, 2.75) is 45.7 Å². The van der Waals surface area contributed by atoms with Gasteiger partial charge in [0, 0.05) is 6.04 Å². The molecule has 5 heteroatoms. The van der Waals surface area contributed by atoms with Gasteiger partial charge in [0.1, 0.15) is 6.04 Å². The number of hydrogen-bond donors (Lipinski definition) is 2. The SMILES string of the molecule is CC(C)[C@@H](C)NC(=O)CN1CCC[C@@H]1C(=O)O. The van der Waals surface area contributed by atoms with E-state index >= 15 is 0 Å². The third-order valence-corrected chi connectivity index (χ3v) is 3.38. The summed E-state index contributed by atoms with van der Waals surface area (Å²) in [6.45, 7) is 6.93. The summed E-state index contributed by atoms with van der Waals surface area (Å²) in [6.07, 6.45) is 1.49. The van der Waals surface area contributed by atoms with Crippen LogP contribution in [0.25, 0.3) is 0 Å². The van der Waals surface area contributed by atoms with E-state index in [-0.39, 0.29) is 18.5 Å². The molecule has 0 spiro atoms. The Morgan fingerprint density at radius 1 is 1.41 bits per heavy atom. The minimum absolute atomic E-state index is 0.0839. The van der Waals surface area contributed by atoms with E-state index in [1.165, 1.54) is 0 Å². The van der Waals surface area contributed by atoms with Crippen molar-refractivity contribution in [3.63, 3.8) is 0 Å². The predicted molar refractivity (Wildman–Crippen MR) is 64.7 cm³/mol. The van der Waals surface area contributed by atoms with E-state index in [4.69, 9.17) is 5.11 Å². The average Bonchev–Trinajstić information content (AvgIpc) is 2.65. The minimum Gasteiger partial charge on any atom is -0.480 e. The van der Waals surface area contributed by atoms with Crippen LogP contribution in [0.3, 0.4) is 0 Å². The number of carbonyl (C=O) groups is 2. The van der Waals surface area contributed by atoms with Crippen LogP contribution in [0.4, 0.5) is 0 Å². The summed E-state index contributed by atoms with van der Waals surface area (Å²) in [5.74, 6) is -0.528. The molecule has 17 heavy (non-hydrogen) atoms. The highest BCUT2D eigenvalue weighted by Crippen LogP contribution is 2.16. The van der Waals surface area contributed by atoms with Gasteiger partial charge < -0.3 is 10.4 Å². The van der Waals surface area contributed by atoms with Crippen LogP contribution in [0.2, 0.25) is 0 Å². The van der Waals surface area contributed by atoms with Gasteiger partial charge in [-0.1, -0.05) is 13.8 Å². The van der Waals surface area contributed by atoms with Gasteiger partial charge in [-0.2, -0.15) is 0 Å². The zero-order valence-corrected chi connectivity index (χ0v) is 10.8. The maximum Gasteiger partial charge on any atom is 0.320 e. The summed E-state index contributed by atoms with van der Waals surface area (Å²) < 4.78 is 0. The van der Waals surface area contributed by atoms with E-state index in [0.29, 0.717) is 18.9 Å². The van der Waals surface area contributed by atoms with E-state index in [1.807, 2.05) is 20.8 Å². The number of carboxylic acids is 1. The van der Waals surface area contributed by atoms with Gasteiger partial charge in [0.05, 0.1) is 6.54 Å². The first kappa shape index (κ1) is 14.0. The molecule has 2 atom stereocenters. The van der Waals surface area contributed by atoms with Crippen LogP contribution < -0.4 is 5.32 Å². The van der Waals surface area contributed by atoms with E-state index < -0.39 is 12.0 Å². The number of amides is 1. The topological polar surface area (TPSA) is 69.6 Å². The Balaban J connectivity index is 2.43. The Morgan fingerprint density at radius 3 is 2.59 bits per heavy atom. The highest BCUT2D eigenvalue weighted by Gasteiger charge is 2.31. The molecule has 0 unspecified atom stereocenters. The highest BCUT2D eigenvalue weighted by molar-refractivity contribution is 5.80. The Hall–Kier alpha value is -1.10. The fraction of sp³-hybridized carbons (Fsp3) is 0.833. The second-order valence-corrected chi connectivity index (χ2v) is 5.07. The average molecular weight is 242 g/mol. The number of carboxylic acid groups (broad SMARTS) is 1. The number of rotatable bonds is 5. The van der Waals surface area contributed by atoms with Gasteiger partial charge in [0.25, 0.3) is 0 Å². The Bertz CT molecular complexity index is 291. The molecule has 5 nitrogen and oxygen atoms in total. The molecule has 1 aliphatic heterocycles. The third-order valence-electron chi connectivity index (χ3n) is 3.38. The molecule has 1 rings (SSSR count). The van der Waals surface area contributed by atoms with Crippen molar-refractivity contribution < 1.29 is 14.7 Å². The molecular weight excluding hydrogens is 220 g/mol. The van der Waals surface area contributed by atoms with Crippen molar-refractivity contribution in [2.75, 3.05) is 13.1 Å². The molecule has 1 aliphatic rings. The quantitative estimate of drug-likeness (QED) is 0.744. The molecule has 0 aromatic carbocycles. The van der Waals surface area contributed by atoms with E-state index in [0.717, 1.165) is 6.42 Å². The van der Waals surface area contributed by atoms with Crippen molar-refractivity contribution in [3.8, 4) is 0 Å². The van der Waals surface area contributed by atoms with Gasteiger partial charge in [-0.3, -0.25) is 14.5 Å². The second kappa shape index (κ2) is 6.00. The molecule has 1 saturated heterocycles. The summed E-state index contributed by atoms with van der Waals surface area (Å²) in [4.78, 5) is 24.4. The van der Waals surface area contributed by atoms with Gasteiger partial charge in [-0.15, -0.1) is 0 Å². The van der Waals surface area contributed by atoms with Crippen molar-refractivity contribution in [1.82, 2.24) is 10.2 Å². The molecule has 0 radical (unpaired) electrons. The van der Waals surface area contributed by atoms with Crippen LogP contribution in [0.5, 0.6) is 0 Å². The molecule has 1 heterocycles. The lowest BCUT2D eigenvalue weighted by Crippen LogP contribution is -2.46. The number of carbonyl (C=O) groups excluding carboxylic acids is 1. The van der Waals surface area contributed by atoms with Gasteiger partial charge >= 0.3 is 5.97 Å². The normalized spacial score (nSPS) is 22.7. The summed E-state index contributed by atoms with van der Waals surface area (Å²) in [5.41, 5.74) is 0. The first-order chi connectivity index (χ1) is 7.91. The number of nitrogens with zero attached hydrogens (tertiary/aromatic N) is 1. The van der Waals surface area contributed by atoms with Crippen LogP contribution in [-0.2, 0) is 9.59 Å². The molecule has 0 aliphatic carbocycles. The van der Waals surface area contributed by atoms with Crippen LogP contribution in [0.1, 0.15) is 33.6 Å². The van der Waals surface area contributed by atoms with Crippen molar-refractivity contribution in [1.29, 1.82) is 0 Å². The zero-order chi connectivity index (χ0) is 13.0. The lowest BCUT2D eigenvalue weighted by atomic mass is 10.1. The highest BCUT2D eigenvalue weighted by atomic mass is 16.4. The lowest BCUT2D eigenvalue weighted by molar-refractivity contribution is -0.142. The number of likely N-dealkylation sites (tertiary alicyclic amines) is 1. The van der Waals surface area contributed by atoms with Crippen LogP contribution in [-0.4, -0.2) is 47.1 Å². The van der Waals surface area contributed by atoms with Crippen LogP contribution in [0, 0.1) is 5.92 Å². The molecule has 0 bridgehead atoms. The van der Waals surface area contributed by atoms with Crippen molar-refractivity contribution in [3.05, 3.63) is 0 Å². The van der Waals surface area contributed by atoms with Gasteiger partial charge in [-0.05, 0) is 32.2 Å². The zero-order valence-electron chi connectivity index (χ0n) is 10.8. The largest absolute Gasteiger partial charge is 0.480 e. The summed E-state index contributed by atoms with van der Waals surface area (Å²) >= 11 is 0. The fourth-order valence-corrected chi connectivity index (χ4v) is 1.95. The Morgan fingerprint density at radius 2 is 2.06 bits per heavy atom. The standard InChI is InChI=1S/C12H22N2O3/c1-8(2)9(3)13-11(15)7-14-6-4-5-10(14)12(16)17/h8-10H,4-7H2,1-3H3,(H,13,15)(H,16,17)/t9-,10-/m1/s1. The molecule has 1 amide bonds. The Kier molecular flexibility index (Phi) is 4.93. The first-order valence-electron chi connectivity index (χ1n) is 6.18. The van der Waals surface area contributed by atoms with Gasteiger partial charge in [-0.25, -0.2) is 0 Å². The van der Waals surface area contributed by atoms with Gasteiger partial charge in [0.15, 0.2) is 0 Å². The number of hydrogen-bond acceptors (Lipinski definition) is 3. The Labute approximate surface area is 102 Å². The summed E-state index contributed by atoms with van der Waals surface area (Å²) in [6, 6.07) is -0.372. The smallest absolute Gasteiger partial charge is 0.320 e. The van der Waals surface area contributed by atoms with Crippen LogP contribution >= 0.6 is 0 Å². The molecule has 1 fully saturated rings. The monoisotopic (exact) mass is 242 g/mol. The number of aliphatic carboxylic acids is 1. The summed E-state index contributed by atoms with van der Waals surface area (Å²) in [7, 11) is 0. The number of nitrogens with one attached hydrogen (secondary N) is 1. The molecular formula is C12H22N2O3. The van der Waals surface area contributed by atoms with E-state index in [2.05, 4.69) is 5.32 Å². The maximum atomic E-state index is 11.7. The van der Waals surface area contributed by atoms with Crippen molar-refractivity contribution >= 4 is 11.9 Å². The second-order valence-electron chi connectivity index (χ2n) is 5.07. The van der Waals surface area contributed by atoms with E-state index in [1.54, 1.807) is 4.90 Å². The van der Waals surface area contributed by atoms with E-state index in [9.17, 15) is 9.59 Å². The lowest BCUT2D eigenvalue weighted by Gasteiger charge is -2.23. The van der Waals surface area contributed by atoms with Crippen LogP contribution in [0.15, 0.2) is 0 Å². The maximum absolute atomic E-state index is 11.7. The summed E-state index contributed by atoms with van der Waals surface area (Å²) in [5, 5.41) is 11.9. The molecule has 2 N–H and O–H groups in total. The first-order valence-corrected chi connectivity index (χ1v) is 6.18. The molecule has 0 saturated carbocycles. The molecule has 98 valence electrons. The fourth-order valence-electron chi connectivity index (χ4n) is 1.95. The van der Waals surface area contributed by atoms with Crippen molar-refractivity contribution in [2.24, 2.45) is 5.92 Å². The molecule has 0 aromatic heterocycles. The minimum atomic E-state index is -0.827. The predicted octanol–water partition coefficient (Wildman–Crippen LogP) is 0.696.